The van der Waals surface area contributed by atoms with Crippen LogP contribution in [-0.2, 0) is 4.79 Å². The van der Waals surface area contributed by atoms with Crippen LogP contribution in [0.3, 0.4) is 0 Å². The van der Waals surface area contributed by atoms with E-state index in [1.165, 1.54) is 0 Å². The summed E-state index contributed by atoms with van der Waals surface area (Å²) < 4.78 is 26.0. The van der Waals surface area contributed by atoms with Crippen molar-refractivity contribution in [3.05, 3.63) is 65.7 Å². The van der Waals surface area contributed by atoms with E-state index >= 15 is 0 Å². The lowest BCUT2D eigenvalue weighted by atomic mass is 10.2. The summed E-state index contributed by atoms with van der Waals surface area (Å²) in [6.45, 7) is 3.36. The van der Waals surface area contributed by atoms with E-state index in [-0.39, 0.29) is 16.8 Å². The lowest BCUT2D eigenvalue weighted by Gasteiger charge is -2.07. The number of anilines is 2. The molecule has 2 aromatic carbocycles. The highest BCUT2D eigenvalue weighted by atomic mass is 32.1. The fraction of sp³-hybridized carbons (Fsp3) is 0.0556. The van der Waals surface area contributed by atoms with Gasteiger partial charge in [-0.25, -0.2) is 13.8 Å². The first-order chi connectivity index (χ1) is 12.5. The minimum atomic E-state index is -2.62. The van der Waals surface area contributed by atoms with Crippen LogP contribution in [0.5, 0.6) is 0 Å². The van der Waals surface area contributed by atoms with Crippen molar-refractivity contribution >= 4 is 44.7 Å². The van der Waals surface area contributed by atoms with Gasteiger partial charge in [-0.1, -0.05) is 6.58 Å². The zero-order chi connectivity index (χ0) is 18.7. The van der Waals surface area contributed by atoms with Gasteiger partial charge in [0.1, 0.15) is 0 Å². The number of benzene rings is 2. The van der Waals surface area contributed by atoms with E-state index in [1.807, 2.05) is 0 Å². The van der Waals surface area contributed by atoms with Crippen LogP contribution in [0.1, 0.15) is 21.8 Å². The van der Waals surface area contributed by atoms with Crippen LogP contribution in [0, 0.1) is 0 Å². The third-order valence-electron chi connectivity index (χ3n) is 3.45. The highest BCUT2D eigenvalue weighted by Gasteiger charge is 2.14. The molecule has 1 aromatic heterocycles. The number of amides is 2. The van der Waals surface area contributed by atoms with Gasteiger partial charge in [-0.2, -0.15) is 0 Å². The monoisotopic (exact) mass is 373 g/mol. The van der Waals surface area contributed by atoms with E-state index in [0.717, 1.165) is 17.4 Å². The molecule has 1 heterocycles. The number of halogens is 2. The summed E-state index contributed by atoms with van der Waals surface area (Å²) in [5.74, 6) is -0.701. The molecule has 8 heteroatoms. The molecule has 3 rings (SSSR count). The van der Waals surface area contributed by atoms with Gasteiger partial charge in [0.2, 0.25) is 5.91 Å². The van der Waals surface area contributed by atoms with Crippen molar-refractivity contribution in [3.8, 4) is 0 Å². The summed E-state index contributed by atoms with van der Waals surface area (Å²) in [4.78, 5) is 27.4. The minimum absolute atomic E-state index is 0.249. The first-order valence-corrected chi connectivity index (χ1v) is 8.31. The average molecular weight is 373 g/mol. The van der Waals surface area contributed by atoms with E-state index in [4.69, 9.17) is 0 Å². The maximum atomic E-state index is 12.7. The third kappa shape index (κ3) is 3.92. The average Bonchev–Trinajstić information content (AvgIpc) is 3.06. The number of carbonyl (C=O) groups excluding carboxylic acids is 2. The summed E-state index contributed by atoms with van der Waals surface area (Å²) in [7, 11) is 0. The molecular formula is C18H13F2N3O2S. The normalized spacial score (nSPS) is 10.7. The third-order valence-corrected chi connectivity index (χ3v) is 4.48. The van der Waals surface area contributed by atoms with Crippen molar-refractivity contribution in [3.63, 3.8) is 0 Å². The number of alkyl halides is 2. The van der Waals surface area contributed by atoms with Crippen molar-refractivity contribution in [2.24, 2.45) is 0 Å². The predicted octanol–water partition coefficient (Wildman–Crippen LogP) is 4.61. The number of hydrogen-bond acceptors (Lipinski definition) is 4. The second-order valence-electron chi connectivity index (χ2n) is 5.26. The molecule has 0 bridgehead atoms. The maximum absolute atomic E-state index is 12.7. The van der Waals surface area contributed by atoms with Crippen molar-refractivity contribution in [1.29, 1.82) is 0 Å². The molecule has 132 valence electrons. The maximum Gasteiger partial charge on any atom is 0.289 e. The van der Waals surface area contributed by atoms with Gasteiger partial charge in [-0.3, -0.25) is 9.59 Å². The Morgan fingerprint density at radius 2 is 1.77 bits per heavy atom. The smallest absolute Gasteiger partial charge is 0.289 e. The number of carbonyl (C=O) groups is 2. The largest absolute Gasteiger partial charge is 0.323 e. The molecule has 0 spiro atoms. The number of fused-ring (bicyclic) bond motifs is 1. The highest BCUT2D eigenvalue weighted by Crippen LogP contribution is 2.30. The standard InChI is InChI=1S/C18H13F2N3O2S/c1-2-15(24)21-11-5-3-10(4-6-11)17(25)22-12-7-8-13-14(9-12)26-18(23-13)16(19)20/h2-9,16H,1H2,(H,21,24)(H,22,25). The van der Waals surface area contributed by atoms with Crippen LogP contribution in [0.2, 0.25) is 0 Å². The minimum Gasteiger partial charge on any atom is -0.323 e. The number of hydrogen-bond donors (Lipinski definition) is 2. The zero-order valence-corrected chi connectivity index (χ0v) is 14.1. The predicted molar refractivity (Wildman–Crippen MR) is 97.8 cm³/mol. The van der Waals surface area contributed by atoms with Gasteiger partial charge in [-0.15, -0.1) is 11.3 Å². The fourth-order valence-electron chi connectivity index (χ4n) is 2.22. The molecule has 0 saturated heterocycles. The van der Waals surface area contributed by atoms with E-state index in [2.05, 4.69) is 22.2 Å². The topological polar surface area (TPSA) is 71.1 Å². The quantitative estimate of drug-likeness (QED) is 0.642. The number of nitrogens with one attached hydrogen (secondary N) is 2. The van der Waals surface area contributed by atoms with Gasteiger partial charge in [0, 0.05) is 16.9 Å². The van der Waals surface area contributed by atoms with E-state index in [9.17, 15) is 18.4 Å². The molecule has 0 fully saturated rings. The SMILES string of the molecule is C=CC(=O)Nc1ccc(C(=O)Nc2ccc3nc(C(F)F)sc3c2)cc1. The lowest BCUT2D eigenvalue weighted by Crippen LogP contribution is -2.12. The van der Waals surface area contributed by atoms with E-state index in [1.54, 1.807) is 42.5 Å². The summed E-state index contributed by atoms with van der Waals surface area (Å²) in [6.07, 6.45) is -1.47. The van der Waals surface area contributed by atoms with Crippen LogP contribution in [0.4, 0.5) is 20.2 Å². The molecule has 0 aliphatic rings. The van der Waals surface area contributed by atoms with Gasteiger partial charge in [0.25, 0.3) is 12.3 Å². The van der Waals surface area contributed by atoms with Gasteiger partial charge in [0.05, 0.1) is 10.2 Å². The number of nitrogens with zero attached hydrogens (tertiary/aromatic N) is 1. The Morgan fingerprint density at radius 1 is 1.08 bits per heavy atom. The second kappa shape index (κ2) is 7.40. The van der Waals surface area contributed by atoms with E-state index < -0.39 is 6.43 Å². The summed E-state index contributed by atoms with van der Waals surface area (Å²) in [6, 6.07) is 11.1. The molecular weight excluding hydrogens is 360 g/mol. The second-order valence-corrected chi connectivity index (χ2v) is 6.32. The Labute approximate surface area is 151 Å². The highest BCUT2D eigenvalue weighted by molar-refractivity contribution is 7.18. The van der Waals surface area contributed by atoms with Crippen molar-refractivity contribution in [2.75, 3.05) is 10.6 Å². The molecule has 0 aliphatic carbocycles. The Bertz CT molecular complexity index is 984. The molecule has 2 amide bonds. The van der Waals surface area contributed by atoms with Crippen LogP contribution in [0.15, 0.2) is 55.1 Å². The Hall–Kier alpha value is -3.13. The van der Waals surface area contributed by atoms with E-state index in [0.29, 0.717) is 27.2 Å². The molecule has 5 nitrogen and oxygen atoms in total. The molecule has 2 N–H and O–H groups in total. The molecule has 0 unspecified atom stereocenters. The lowest BCUT2D eigenvalue weighted by molar-refractivity contribution is -0.111. The van der Waals surface area contributed by atoms with Gasteiger partial charge in [-0.05, 0) is 48.5 Å². The fourth-order valence-corrected chi connectivity index (χ4v) is 3.08. The summed E-state index contributed by atoms with van der Waals surface area (Å²) >= 11 is 0.891. The van der Waals surface area contributed by atoms with Crippen LogP contribution in [-0.4, -0.2) is 16.8 Å². The van der Waals surface area contributed by atoms with Crippen molar-refractivity contribution < 1.29 is 18.4 Å². The first kappa shape index (κ1) is 17.7. The van der Waals surface area contributed by atoms with Gasteiger partial charge in [0.15, 0.2) is 5.01 Å². The Balaban J connectivity index is 1.73. The zero-order valence-electron chi connectivity index (χ0n) is 13.3. The van der Waals surface area contributed by atoms with Crippen molar-refractivity contribution in [1.82, 2.24) is 4.98 Å². The van der Waals surface area contributed by atoms with Crippen LogP contribution in [0.25, 0.3) is 10.2 Å². The number of rotatable bonds is 5. The van der Waals surface area contributed by atoms with Gasteiger partial charge >= 0.3 is 0 Å². The summed E-state index contributed by atoms with van der Waals surface area (Å²) in [5, 5.41) is 5.04. The molecule has 3 aromatic rings. The molecule has 26 heavy (non-hydrogen) atoms. The molecule has 0 radical (unpaired) electrons. The molecule has 0 saturated carbocycles. The Morgan fingerprint density at radius 3 is 2.42 bits per heavy atom. The van der Waals surface area contributed by atoms with Crippen LogP contribution >= 0.6 is 11.3 Å². The number of thiazole rings is 1. The van der Waals surface area contributed by atoms with Gasteiger partial charge < -0.3 is 10.6 Å². The molecule has 0 atom stereocenters. The number of aromatic nitrogens is 1. The first-order valence-electron chi connectivity index (χ1n) is 7.50. The van der Waals surface area contributed by atoms with Crippen LogP contribution < -0.4 is 10.6 Å². The Kier molecular flexibility index (Phi) is 5.04. The molecule has 0 aliphatic heterocycles. The van der Waals surface area contributed by atoms with Crippen molar-refractivity contribution in [2.45, 2.75) is 6.43 Å². The summed E-state index contributed by atoms with van der Waals surface area (Å²) in [5.41, 5.74) is 1.87.